The van der Waals surface area contributed by atoms with Gasteiger partial charge in [-0.3, -0.25) is 14.5 Å². The summed E-state index contributed by atoms with van der Waals surface area (Å²) < 4.78 is 6.61. The van der Waals surface area contributed by atoms with Gasteiger partial charge in [0.05, 0.1) is 7.11 Å². The van der Waals surface area contributed by atoms with Crippen molar-refractivity contribution < 1.29 is 14.3 Å². The minimum absolute atomic E-state index is 0.0276. The Hall–Kier alpha value is -1.89. The number of carbonyl (C=O) groups is 2. The van der Waals surface area contributed by atoms with Crippen LogP contribution in [0.2, 0.25) is 0 Å². The summed E-state index contributed by atoms with van der Waals surface area (Å²) >= 11 is 0. The number of carbonyl (C=O) groups excluding carboxylic acids is 2. The maximum absolute atomic E-state index is 12.1. The van der Waals surface area contributed by atoms with Crippen molar-refractivity contribution in [2.75, 3.05) is 20.7 Å². The summed E-state index contributed by atoms with van der Waals surface area (Å²) in [5.41, 5.74) is 0. The number of aromatic nitrogens is 2. The zero-order valence-corrected chi connectivity index (χ0v) is 12.7. The highest BCUT2D eigenvalue weighted by Crippen LogP contribution is 2.17. The third kappa shape index (κ3) is 3.60. The van der Waals surface area contributed by atoms with Gasteiger partial charge < -0.3 is 14.6 Å². The van der Waals surface area contributed by atoms with E-state index in [1.165, 1.54) is 7.11 Å². The molecule has 0 saturated carbocycles. The van der Waals surface area contributed by atoms with Gasteiger partial charge in [0.2, 0.25) is 5.91 Å². The van der Waals surface area contributed by atoms with Gasteiger partial charge in [-0.15, -0.1) is 0 Å². The van der Waals surface area contributed by atoms with Crippen LogP contribution in [0.1, 0.15) is 19.2 Å². The molecule has 0 bridgehead atoms. The van der Waals surface area contributed by atoms with Crippen LogP contribution in [-0.4, -0.2) is 59.1 Å². The van der Waals surface area contributed by atoms with Gasteiger partial charge in [0.25, 0.3) is 0 Å². The quantitative estimate of drug-likeness (QED) is 0.762. The number of methoxy groups -OCH3 is 1. The third-order valence-electron chi connectivity index (χ3n) is 3.82. The molecule has 7 nitrogen and oxygen atoms in total. The minimum atomic E-state index is -0.278. The molecule has 0 aromatic carbocycles. The fourth-order valence-electron chi connectivity index (χ4n) is 2.74. The highest BCUT2D eigenvalue weighted by molar-refractivity contribution is 5.78. The molecule has 7 heteroatoms. The number of likely N-dealkylation sites (tertiary alicyclic amines) is 1. The monoisotopic (exact) mass is 294 g/mol. The lowest BCUT2D eigenvalue weighted by atomic mass is 10.1. The van der Waals surface area contributed by atoms with E-state index in [9.17, 15) is 9.59 Å². The molecule has 1 N–H and O–H groups in total. The second-order valence-electron chi connectivity index (χ2n) is 5.30. The van der Waals surface area contributed by atoms with Gasteiger partial charge >= 0.3 is 5.97 Å². The standard InChI is InChI=1S/C14H22N4O3/c1-4-12-15-5-6-18(12)9-13(19)16-10-7-11(14(20)21-3)17(2)8-10/h5-6,10-11H,4,7-9H2,1-3H3,(H,16,19)/t10-,11-/m0/s1. The molecule has 116 valence electrons. The number of amides is 1. The zero-order valence-electron chi connectivity index (χ0n) is 12.7. The van der Waals surface area contributed by atoms with Crippen molar-refractivity contribution in [1.29, 1.82) is 0 Å². The molecule has 1 aromatic rings. The van der Waals surface area contributed by atoms with E-state index >= 15 is 0 Å². The van der Waals surface area contributed by atoms with Crippen LogP contribution in [0.4, 0.5) is 0 Å². The van der Waals surface area contributed by atoms with Crippen LogP contribution < -0.4 is 5.32 Å². The first-order valence-corrected chi connectivity index (χ1v) is 7.12. The van der Waals surface area contributed by atoms with E-state index in [4.69, 9.17) is 4.74 Å². The van der Waals surface area contributed by atoms with Crippen LogP contribution in [0.25, 0.3) is 0 Å². The van der Waals surface area contributed by atoms with E-state index < -0.39 is 0 Å². The van der Waals surface area contributed by atoms with Crippen LogP contribution in [0.3, 0.4) is 0 Å². The molecule has 21 heavy (non-hydrogen) atoms. The predicted molar refractivity (Wildman–Crippen MR) is 76.6 cm³/mol. The normalized spacial score (nSPS) is 22.2. The maximum Gasteiger partial charge on any atom is 0.323 e. The van der Waals surface area contributed by atoms with Crippen molar-refractivity contribution in [1.82, 2.24) is 19.8 Å². The number of likely N-dealkylation sites (N-methyl/N-ethyl adjacent to an activating group) is 1. The van der Waals surface area contributed by atoms with Gasteiger partial charge in [0.15, 0.2) is 0 Å². The molecule has 1 amide bonds. The van der Waals surface area contributed by atoms with Gasteiger partial charge in [-0.25, -0.2) is 4.98 Å². The fourth-order valence-corrected chi connectivity index (χ4v) is 2.74. The Balaban J connectivity index is 1.88. The number of hydrogen-bond acceptors (Lipinski definition) is 5. The second-order valence-corrected chi connectivity index (χ2v) is 5.30. The molecule has 1 saturated heterocycles. The molecule has 1 fully saturated rings. The summed E-state index contributed by atoms with van der Waals surface area (Å²) in [6.45, 7) is 2.91. The smallest absolute Gasteiger partial charge is 0.323 e. The number of hydrogen-bond donors (Lipinski definition) is 1. The number of ether oxygens (including phenoxy) is 1. The van der Waals surface area contributed by atoms with Crippen molar-refractivity contribution in [3.05, 3.63) is 18.2 Å². The molecule has 2 rings (SSSR count). The topological polar surface area (TPSA) is 76.5 Å². The molecule has 1 aliphatic heterocycles. The summed E-state index contributed by atoms with van der Waals surface area (Å²) in [7, 11) is 3.24. The first-order valence-electron chi connectivity index (χ1n) is 7.12. The molecular weight excluding hydrogens is 272 g/mol. The number of imidazole rings is 1. The van der Waals surface area contributed by atoms with Crippen molar-refractivity contribution in [2.45, 2.75) is 38.4 Å². The minimum Gasteiger partial charge on any atom is -0.468 e. The van der Waals surface area contributed by atoms with Crippen molar-refractivity contribution in [3.8, 4) is 0 Å². The summed E-state index contributed by atoms with van der Waals surface area (Å²) in [5.74, 6) is 0.574. The number of nitrogens with one attached hydrogen (secondary N) is 1. The Morgan fingerprint density at radius 2 is 2.29 bits per heavy atom. The Kier molecular flexibility index (Phi) is 4.95. The van der Waals surface area contributed by atoms with Gasteiger partial charge in [-0.1, -0.05) is 6.92 Å². The summed E-state index contributed by atoms with van der Waals surface area (Å²) in [5, 5.41) is 2.97. The molecule has 1 aliphatic rings. The van der Waals surface area contributed by atoms with Gasteiger partial charge in [0, 0.05) is 31.4 Å². The second kappa shape index (κ2) is 6.71. The highest BCUT2D eigenvalue weighted by atomic mass is 16.5. The van der Waals surface area contributed by atoms with E-state index in [0.717, 1.165) is 12.2 Å². The van der Waals surface area contributed by atoms with Crippen LogP contribution in [-0.2, 0) is 27.3 Å². The molecular formula is C14H22N4O3. The number of aryl methyl sites for hydroxylation is 1. The largest absolute Gasteiger partial charge is 0.468 e. The fraction of sp³-hybridized carbons (Fsp3) is 0.643. The molecule has 0 aliphatic carbocycles. The van der Waals surface area contributed by atoms with E-state index in [0.29, 0.717) is 13.0 Å². The van der Waals surface area contributed by atoms with E-state index in [-0.39, 0.29) is 30.5 Å². The van der Waals surface area contributed by atoms with Gasteiger partial charge in [0.1, 0.15) is 18.4 Å². The van der Waals surface area contributed by atoms with Gasteiger partial charge in [-0.05, 0) is 13.5 Å². The number of rotatable bonds is 5. The van der Waals surface area contributed by atoms with Crippen LogP contribution in [0, 0.1) is 0 Å². The van der Waals surface area contributed by atoms with E-state index in [1.54, 1.807) is 12.4 Å². The summed E-state index contributed by atoms with van der Waals surface area (Å²) in [4.78, 5) is 29.8. The van der Waals surface area contributed by atoms with E-state index in [2.05, 4.69) is 10.3 Å². The molecule has 0 spiro atoms. The molecule has 1 aromatic heterocycles. The van der Waals surface area contributed by atoms with Crippen LogP contribution in [0.5, 0.6) is 0 Å². The SMILES string of the molecule is CCc1nccn1CC(=O)N[C@H]1C[C@@H](C(=O)OC)N(C)C1. The third-order valence-corrected chi connectivity index (χ3v) is 3.82. The predicted octanol–water partition coefficient (Wildman–Crippen LogP) is -0.193. The lowest BCUT2D eigenvalue weighted by Gasteiger charge is -2.15. The maximum atomic E-state index is 12.1. The van der Waals surface area contributed by atoms with Crippen molar-refractivity contribution >= 4 is 11.9 Å². The highest BCUT2D eigenvalue weighted by Gasteiger charge is 2.35. The first-order chi connectivity index (χ1) is 10.0. The first kappa shape index (κ1) is 15.5. The summed E-state index contributed by atoms with van der Waals surface area (Å²) in [6.07, 6.45) is 4.87. The molecule has 2 atom stereocenters. The van der Waals surface area contributed by atoms with Gasteiger partial charge in [-0.2, -0.15) is 0 Å². The average molecular weight is 294 g/mol. The van der Waals surface area contributed by atoms with E-state index in [1.807, 2.05) is 23.4 Å². The van der Waals surface area contributed by atoms with Crippen LogP contribution >= 0.6 is 0 Å². The Morgan fingerprint density at radius 1 is 1.52 bits per heavy atom. The molecule has 0 unspecified atom stereocenters. The van der Waals surface area contributed by atoms with Crippen molar-refractivity contribution in [3.63, 3.8) is 0 Å². The molecule has 0 radical (unpaired) electrons. The molecule has 2 heterocycles. The Labute approximate surface area is 124 Å². The number of esters is 1. The lowest BCUT2D eigenvalue weighted by Crippen LogP contribution is -2.38. The Bertz CT molecular complexity index is 514. The Morgan fingerprint density at radius 3 is 2.95 bits per heavy atom. The summed E-state index contributed by atoms with van der Waals surface area (Å²) in [6, 6.07) is -0.306. The van der Waals surface area contributed by atoms with Crippen molar-refractivity contribution in [2.24, 2.45) is 0 Å². The average Bonchev–Trinajstić information content (AvgIpc) is 3.04. The van der Waals surface area contributed by atoms with Crippen LogP contribution in [0.15, 0.2) is 12.4 Å². The number of nitrogens with zero attached hydrogens (tertiary/aromatic N) is 3. The zero-order chi connectivity index (χ0) is 15.4. The lowest BCUT2D eigenvalue weighted by molar-refractivity contribution is -0.145.